The molecule has 0 aliphatic carbocycles. The minimum absolute atomic E-state index is 0.00227. The van der Waals surface area contributed by atoms with Crippen molar-refractivity contribution in [3.63, 3.8) is 0 Å². The molecule has 0 radical (unpaired) electrons. The van der Waals surface area contributed by atoms with Gasteiger partial charge in [-0.2, -0.15) is 11.8 Å². The molecule has 2 heterocycles. The van der Waals surface area contributed by atoms with Crippen LogP contribution in [0.5, 0.6) is 5.75 Å². The summed E-state index contributed by atoms with van der Waals surface area (Å²) >= 11 is 14.2. The van der Waals surface area contributed by atoms with Crippen molar-refractivity contribution >= 4 is 40.7 Å². The van der Waals surface area contributed by atoms with E-state index in [9.17, 15) is 9.90 Å². The van der Waals surface area contributed by atoms with Crippen molar-refractivity contribution in [2.24, 2.45) is 4.99 Å². The molecular weight excluding hydrogens is 369 g/mol. The van der Waals surface area contributed by atoms with E-state index in [0.717, 1.165) is 11.3 Å². The van der Waals surface area contributed by atoms with E-state index in [-0.39, 0.29) is 16.6 Å². The second-order valence-electron chi connectivity index (χ2n) is 5.44. The quantitative estimate of drug-likeness (QED) is 0.820. The molecule has 1 atom stereocenters. The third-order valence-corrected chi connectivity index (χ3v) is 5.84. The van der Waals surface area contributed by atoms with Crippen LogP contribution in [0.3, 0.4) is 0 Å². The van der Waals surface area contributed by atoms with Gasteiger partial charge in [0.05, 0.1) is 15.8 Å². The maximum Gasteiger partial charge on any atom is 0.348 e. The lowest BCUT2D eigenvalue weighted by Gasteiger charge is -2.17. The maximum absolute atomic E-state index is 12.2. The van der Waals surface area contributed by atoms with Gasteiger partial charge in [0.1, 0.15) is 17.1 Å². The van der Waals surface area contributed by atoms with Crippen molar-refractivity contribution in [1.82, 2.24) is 0 Å². The minimum Gasteiger partial charge on any atom is -0.507 e. The molecule has 1 aliphatic rings. The number of rotatable bonds is 2. The SMILES string of the molecule is Cc1cc(O)c(C2=NCCS[C@H](c3cccc(Cl)c3Cl)C2)c(=O)o1. The summed E-state index contributed by atoms with van der Waals surface area (Å²) < 4.78 is 5.12. The summed E-state index contributed by atoms with van der Waals surface area (Å²) in [6, 6.07) is 6.94. The van der Waals surface area contributed by atoms with Crippen molar-refractivity contribution in [3.8, 4) is 5.75 Å². The van der Waals surface area contributed by atoms with Gasteiger partial charge >= 0.3 is 5.63 Å². The second-order valence-corrected chi connectivity index (χ2v) is 7.54. The Morgan fingerprint density at radius 3 is 2.92 bits per heavy atom. The number of aryl methyl sites for hydroxylation is 1. The van der Waals surface area contributed by atoms with E-state index >= 15 is 0 Å². The topological polar surface area (TPSA) is 62.8 Å². The number of aliphatic imine (C=N–C) groups is 1. The summed E-state index contributed by atoms with van der Waals surface area (Å²) in [5, 5.41) is 11.2. The van der Waals surface area contributed by atoms with E-state index in [1.165, 1.54) is 6.07 Å². The van der Waals surface area contributed by atoms with E-state index < -0.39 is 5.63 Å². The van der Waals surface area contributed by atoms with Crippen LogP contribution in [0.15, 0.2) is 38.5 Å². The molecule has 0 saturated heterocycles. The number of nitrogens with zero attached hydrogens (tertiary/aromatic N) is 1. The van der Waals surface area contributed by atoms with Crippen molar-refractivity contribution < 1.29 is 9.52 Å². The zero-order valence-corrected chi connectivity index (χ0v) is 15.2. The average molecular weight is 384 g/mol. The fraction of sp³-hybridized carbons (Fsp3) is 0.294. The highest BCUT2D eigenvalue weighted by Gasteiger charge is 2.25. The fourth-order valence-corrected chi connectivity index (χ4v) is 4.32. The Morgan fingerprint density at radius 2 is 2.17 bits per heavy atom. The van der Waals surface area contributed by atoms with E-state index in [1.54, 1.807) is 24.8 Å². The summed E-state index contributed by atoms with van der Waals surface area (Å²) in [6.07, 6.45) is 0.464. The predicted molar refractivity (Wildman–Crippen MR) is 99.1 cm³/mol. The van der Waals surface area contributed by atoms with Crippen molar-refractivity contribution in [1.29, 1.82) is 0 Å². The first-order valence-electron chi connectivity index (χ1n) is 7.40. The van der Waals surface area contributed by atoms with Gasteiger partial charge in [0.2, 0.25) is 0 Å². The predicted octanol–water partition coefficient (Wildman–Crippen LogP) is 4.63. The van der Waals surface area contributed by atoms with Crippen LogP contribution >= 0.6 is 35.0 Å². The summed E-state index contributed by atoms with van der Waals surface area (Å²) in [5.41, 5.74) is 0.993. The first-order chi connectivity index (χ1) is 11.5. The Hall–Kier alpha value is -1.43. The smallest absolute Gasteiger partial charge is 0.348 e. The highest BCUT2D eigenvalue weighted by molar-refractivity contribution is 7.99. The third-order valence-electron chi connectivity index (χ3n) is 3.76. The maximum atomic E-state index is 12.2. The molecule has 1 N–H and O–H groups in total. The van der Waals surface area contributed by atoms with Gasteiger partial charge in [-0.3, -0.25) is 4.99 Å². The molecule has 1 aromatic carbocycles. The van der Waals surface area contributed by atoms with Crippen molar-refractivity contribution in [2.75, 3.05) is 12.3 Å². The molecule has 3 rings (SSSR count). The molecule has 0 amide bonds. The number of halogens is 2. The highest BCUT2D eigenvalue weighted by atomic mass is 35.5. The zero-order valence-electron chi connectivity index (χ0n) is 12.9. The second kappa shape index (κ2) is 7.21. The molecule has 0 bridgehead atoms. The first-order valence-corrected chi connectivity index (χ1v) is 9.20. The van der Waals surface area contributed by atoms with E-state index in [4.69, 9.17) is 27.6 Å². The highest BCUT2D eigenvalue weighted by Crippen LogP contribution is 2.41. The molecule has 0 spiro atoms. The van der Waals surface area contributed by atoms with Gasteiger partial charge < -0.3 is 9.52 Å². The largest absolute Gasteiger partial charge is 0.507 e. The Balaban J connectivity index is 2.01. The molecule has 0 fully saturated rings. The van der Waals surface area contributed by atoms with E-state index in [1.807, 2.05) is 12.1 Å². The molecule has 126 valence electrons. The van der Waals surface area contributed by atoms with Crippen molar-refractivity contribution in [2.45, 2.75) is 18.6 Å². The van der Waals surface area contributed by atoms with Crippen LogP contribution in [-0.2, 0) is 0 Å². The van der Waals surface area contributed by atoms with Gasteiger partial charge in [0, 0.05) is 30.0 Å². The summed E-state index contributed by atoms with van der Waals surface area (Å²) in [5.74, 6) is 1.04. The number of benzene rings is 1. The Kier molecular flexibility index (Phi) is 5.23. The third kappa shape index (κ3) is 3.48. The normalized spacial score (nSPS) is 18.1. The van der Waals surface area contributed by atoms with Gasteiger partial charge in [-0.1, -0.05) is 35.3 Å². The summed E-state index contributed by atoms with van der Waals surface area (Å²) in [7, 11) is 0. The van der Waals surface area contributed by atoms with Crippen LogP contribution in [0, 0.1) is 6.92 Å². The Morgan fingerprint density at radius 1 is 1.38 bits per heavy atom. The minimum atomic E-state index is -0.575. The summed E-state index contributed by atoms with van der Waals surface area (Å²) in [4.78, 5) is 16.6. The monoisotopic (exact) mass is 383 g/mol. The number of aromatic hydroxyl groups is 1. The lowest BCUT2D eigenvalue weighted by molar-refractivity contribution is 0.432. The molecule has 2 aromatic rings. The number of thioether (sulfide) groups is 1. The molecule has 24 heavy (non-hydrogen) atoms. The molecule has 7 heteroatoms. The van der Waals surface area contributed by atoms with Crippen LogP contribution in [0.1, 0.15) is 28.6 Å². The van der Waals surface area contributed by atoms with Gasteiger partial charge in [-0.25, -0.2) is 4.79 Å². The molecule has 0 saturated carbocycles. The first kappa shape index (κ1) is 17.4. The summed E-state index contributed by atoms with van der Waals surface area (Å²) in [6.45, 7) is 2.17. The molecule has 4 nitrogen and oxygen atoms in total. The lowest BCUT2D eigenvalue weighted by Crippen LogP contribution is -2.17. The standard InChI is InChI=1S/C17H15Cl2NO3S/c1-9-7-13(21)15(17(22)23-9)12-8-14(24-6-5-20-12)10-3-2-4-11(18)16(10)19/h2-4,7,14,21H,5-6,8H2,1H3/t14-/m0/s1. The Bertz CT molecular complexity index is 863. The van der Waals surface area contributed by atoms with Crippen molar-refractivity contribution in [3.05, 3.63) is 61.6 Å². The van der Waals surface area contributed by atoms with E-state index in [0.29, 0.717) is 34.5 Å². The van der Waals surface area contributed by atoms with Crippen LogP contribution in [0.25, 0.3) is 0 Å². The molecule has 0 unspecified atom stereocenters. The number of hydrogen-bond acceptors (Lipinski definition) is 5. The average Bonchev–Trinajstić information content (AvgIpc) is 2.75. The van der Waals surface area contributed by atoms with Gasteiger partial charge in [-0.15, -0.1) is 0 Å². The zero-order chi connectivity index (χ0) is 17.3. The molecule has 1 aromatic heterocycles. The van der Waals surface area contributed by atoms with Gasteiger partial charge in [0.25, 0.3) is 0 Å². The van der Waals surface area contributed by atoms with Gasteiger partial charge in [0.15, 0.2) is 0 Å². The number of hydrogen-bond donors (Lipinski definition) is 1. The fourth-order valence-electron chi connectivity index (χ4n) is 2.69. The van der Waals surface area contributed by atoms with Crippen LogP contribution in [0.4, 0.5) is 0 Å². The van der Waals surface area contributed by atoms with Gasteiger partial charge in [-0.05, 0) is 18.6 Å². The van der Waals surface area contributed by atoms with Crippen LogP contribution in [0.2, 0.25) is 10.0 Å². The van der Waals surface area contributed by atoms with E-state index in [2.05, 4.69) is 4.99 Å². The lowest BCUT2D eigenvalue weighted by atomic mass is 10.0. The Labute approximate surface area is 153 Å². The molecule has 1 aliphatic heterocycles. The van der Waals surface area contributed by atoms with Crippen LogP contribution in [-0.4, -0.2) is 23.1 Å². The molecular formula is C17H15Cl2NO3S. The van der Waals surface area contributed by atoms with Crippen LogP contribution < -0.4 is 5.63 Å².